The highest BCUT2D eigenvalue weighted by Crippen LogP contribution is 2.17. The van der Waals surface area contributed by atoms with E-state index in [9.17, 15) is 0 Å². The zero-order valence-electron chi connectivity index (χ0n) is 5.34. The Balaban J connectivity index is 3.05. The van der Waals surface area contributed by atoms with Gasteiger partial charge in [-0.25, -0.2) is 0 Å². The fraction of sp³-hybridized carbons (Fsp3) is 0.167. The van der Waals surface area contributed by atoms with Gasteiger partial charge in [-0.15, -0.1) is 11.3 Å². The van der Waals surface area contributed by atoms with Crippen molar-refractivity contribution in [3.8, 4) is 0 Å². The van der Waals surface area contributed by atoms with Crippen molar-refractivity contribution in [1.29, 1.82) is 0 Å². The Morgan fingerprint density at radius 3 is 2.90 bits per heavy atom. The van der Waals surface area contributed by atoms with Crippen LogP contribution >= 0.6 is 22.9 Å². The molecule has 0 radical (unpaired) electrons. The molecule has 0 fully saturated rings. The van der Waals surface area contributed by atoms with Gasteiger partial charge in [-0.05, 0) is 18.4 Å². The second-order valence-corrected chi connectivity index (χ2v) is 3.26. The lowest BCUT2D eigenvalue weighted by molar-refractivity contribution is 0.321. The number of hydrogen-bond donors (Lipinski definition) is 1. The third kappa shape index (κ3) is 1.30. The quantitative estimate of drug-likeness (QED) is 0.397. The molecule has 0 amide bonds. The van der Waals surface area contributed by atoms with E-state index in [0.717, 1.165) is 10.4 Å². The Morgan fingerprint density at radius 2 is 2.50 bits per heavy atom. The molecule has 1 rings (SSSR count). The molecule has 0 unspecified atom stereocenters. The maximum atomic E-state index is 8.29. The van der Waals surface area contributed by atoms with E-state index in [1.54, 1.807) is 11.3 Å². The second-order valence-electron chi connectivity index (χ2n) is 1.78. The molecule has 0 aliphatic carbocycles. The summed E-state index contributed by atoms with van der Waals surface area (Å²) in [6.45, 7) is 1.92. The fourth-order valence-electron chi connectivity index (χ4n) is 0.653. The minimum absolute atomic E-state index is 0.152. The van der Waals surface area contributed by atoms with Crippen LogP contribution in [-0.2, 0) is 0 Å². The van der Waals surface area contributed by atoms with Crippen LogP contribution in [0.4, 0.5) is 0 Å². The molecule has 0 atom stereocenters. The summed E-state index contributed by atoms with van der Waals surface area (Å²) in [6.07, 6.45) is 0. The molecule has 0 spiro atoms. The monoisotopic (exact) mass is 175 g/mol. The van der Waals surface area contributed by atoms with Crippen molar-refractivity contribution in [2.24, 2.45) is 5.16 Å². The van der Waals surface area contributed by atoms with Gasteiger partial charge in [0.1, 0.15) is 0 Å². The molecule has 54 valence electrons. The van der Waals surface area contributed by atoms with Crippen LogP contribution in [0.5, 0.6) is 0 Å². The Morgan fingerprint density at radius 1 is 1.80 bits per heavy atom. The first-order chi connectivity index (χ1) is 4.75. The molecule has 1 aromatic heterocycles. The predicted molar refractivity (Wildman–Crippen MR) is 43.2 cm³/mol. The van der Waals surface area contributed by atoms with Gasteiger partial charge in [-0.3, -0.25) is 0 Å². The normalized spacial score (nSPS) is 12.0. The molecule has 2 nitrogen and oxygen atoms in total. The average Bonchev–Trinajstić information content (AvgIpc) is 2.34. The summed E-state index contributed by atoms with van der Waals surface area (Å²) in [5.74, 6) is 0. The van der Waals surface area contributed by atoms with E-state index in [1.807, 2.05) is 18.4 Å². The van der Waals surface area contributed by atoms with Crippen molar-refractivity contribution in [2.75, 3.05) is 0 Å². The molecule has 1 aromatic rings. The highest BCUT2D eigenvalue weighted by Gasteiger charge is 2.03. The largest absolute Gasteiger partial charge is 0.410 e. The number of aryl methyl sites for hydroxylation is 1. The molecule has 1 heterocycles. The molecule has 0 aliphatic rings. The summed E-state index contributed by atoms with van der Waals surface area (Å²) < 4.78 is 0. The number of nitrogens with zero attached hydrogens (tertiary/aromatic N) is 1. The Labute approximate surface area is 67.7 Å². The van der Waals surface area contributed by atoms with Crippen LogP contribution in [0.15, 0.2) is 16.6 Å². The maximum absolute atomic E-state index is 8.29. The van der Waals surface area contributed by atoms with Crippen molar-refractivity contribution in [3.63, 3.8) is 0 Å². The first-order valence-corrected chi connectivity index (χ1v) is 3.93. The topological polar surface area (TPSA) is 32.6 Å². The van der Waals surface area contributed by atoms with Crippen molar-refractivity contribution in [2.45, 2.75) is 6.92 Å². The summed E-state index contributed by atoms with van der Waals surface area (Å²) >= 11 is 7.12. The van der Waals surface area contributed by atoms with Gasteiger partial charge in [0.05, 0.1) is 0 Å². The molecule has 1 N–H and O–H groups in total. The Kier molecular flexibility index (Phi) is 2.29. The van der Waals surface area contributed by atoms with Gasteiger partial charge in [0.25, 0.3) is 0 Å². The molecule has 0 aliphatic heterocycles. The standard InChI is InChI=1S/C6H6ClNOS/c1-4-5(2-3-10-4)6(7)8-9/h2-3,9H,1H3/b8-6-. The summed E-state index contributed by atoms with van der Waals surface area (Å²) in [6, 6.07) is 1.82. The minimum atomic E-state index is 0.152. The van der Waals surface area contributed by atoms with E-state index in [2.05, 4.69) is 5.16 Å². The van der Waals surface area contributed by atoms with Crippen molar-refractivity contribution >= 4 is 28.1 Å². The number of thiophene rings is 1. The van der Waals surface area contributed by atoms with Crippen LogP contribution in [0.3, 0.4) is 0 Å². The number of rotatable bonds is 1. The summed E-state index contributed by atoms with van der Waals surface area (Å²) in [7, 11) is 0. The van der Waals surface area contributed by atoms with Gasteiger partial charge >= 0.3 is 0 Å². The van der Waals surface area contributed by atoms with E-state index < -0.39 is 0 Å². The predicted octanol–water partition coefficient (Wildman–Crippen LogP) is 2.43. The highest BCUT2D eigenvalue weighted by molar-refractivity contribution is 7.10. The summed E-state index contributed by atoms with van der Waals surface area (Å²) in [4.78, 5) is 1.06. The fourth-order valence-corrected chi connectivity index (χ4v) is 1.61. The molecule has 4 heteroatoms. The number of oxime groups is 1. The lowest BCUT2D eigenvalue weighted by Crippen LogP contribution is -1.88. The molecular weight excluding hydrogens is 170 g/mol. The molecule has 0 aromatic carbocycles. The zero-order chi connectivity index (χ0) is 7.56. The summed E-state index contributed by atoms with van der Waals surface area (Å²) in [5, 5.41) is 13.2. The van der Waals surface area contributed by atoms with Crippen LogP contribution in [-0.4, -0.2) is 10.4 Å². The van der Waals surface area contributed by atoms with Gasteiger partial charge in [-0.2, -0.15) is 0 Å². The first kappa shape index (κ1) is 7.57. The van der Waals surface area contributed by atoms with E-state index in [-0.39, 0.29) is 5.17 Å². The van der Waals surface area contributed by atoms with Crippen LogP contribution < -0.4 is 0 Å². The summed E-state index contributed by atoms with van der Waals surface area (Å²) in [5.41, 5.74) is 0.800. The van der Waals surface area contributed by atoms with Crippen LogP contribution in [0.1, 0.15) is 10.4 Å². The van der Waals surface area contributed by atoms with Gasteiger partial charge in [-0.1, -0.05) is 16.8 Å². The molecule has 10 heavy (non-hydrogen) atoms. The third-order valence-electron chi connectivity index (χ3n) is 1.17. The van der Waals surface area contributed by atoms with Crippen molar-refractivity contribution < 1.29 is 5.21 Å². The molecule has 0 bridgehead atoms. The van der Waals surface area contributed by atoms with E-state index >= 15 is 0 Å². The van der Waals surface area contributed by atoms with Crippen LogP contribution in [0.25, 0.3) is 0 Å². The lowest BCUT2D eigenvalue weighted by Gasteiger charge is -1.90. The van der Waals surface area contributed by atoms with Crippen molar-refractivity contribution in [3.05, 3.63) is 21.9 Å². The SMILES string of the molecule is Cc1sccc1/C(Cl)=N/O. The second kappa shape index (κ2) is 3.03. The van der Waals surface area contributed by atoms with Crippen LogP contribution in [0, 0.1) is 6.92 Å². The van der Waals surface area contributed by atoms with Crippen molar-refractivity contribution in [1.82, 2.24) is 0 Å². The number of halogens is 1. The van der Waals surface area contributed by atoms with Gasteiger partial charge in [0.2, 0.25) is 0 Å². The minimum Gasteiger partial charge on any atom is -0.410 e. The van der Waals surface area contributed by atoms with Gasteiger partial charge in [0, 0.05) is 10.4 Å². The molecule has 0 saturated heterocycles. The first-order valence-electron chi connectivity index (χ1n) is 2.67. The van der Waals surface area contributed by atoms with Crippen LogP contribution in [0.2, 0.25) is 0 Å². The smallest absolute Gasteiger partial charge is 0.176 e. The van der Waals surface area contributed by atoms with E-state index in [1.165, 1.54) is 0 Å². The zero-order valence-corrected chi connectivity index (χ0v) is 6.91. The molecule has 0 saturated carbocycles. The Bertz CT molecular complexity index is 256. The Hall–Kier alpha value is -0.540. The third-order valence-corrected chi connectivity index (χ3v) is 2.29. The average molecular weight is 176 g/mol. The maximum Gasteiger partial charge on any atom is 0.176 e. The number of hydrogen-bond acceptors (Lipinski definition) is 3. The van der Waals surface area contributed by atoms with E-state index in [4.69, 9.17) is 16.8 Å². The van der Waals surface area contributed by atoms with E-state index in [0.29, 0.717) is 0 Å². The molecular formula is C6H6ClNOS. The lowest BCUT2D eigenvalue weighted by atomic mass is 10.3. The van der Waals surface area contributed by atoms with Gasteiger partial charge < -0.3 is 5.21 Å². The highest BCUT2D eigenvalue weighted by atomic mass is 35.5. The van der Waals surface area contributed by atoms with Gasteiger partial charge in [0.15, 0.2) is 5.17 Å².